The Labute approximate surface area is 116 Å². The van der Waals surface area contributed by atoms with Crippen LogP contribution < -0.4 is 11.3 Å². The predicted octanol–water partition coefficient (Wildman–Crippen LogP) is 2.56. The molecule has 2 heterocycles. The van der Waals surface area contributed by atoms with Crippen molar-refractivity contribution in [3.05, 3.63) is 0 Å². The van der Waals surface area contributed by atoms with Crippen molar-refractivity contribution in [3.8, 4) is 0 Å². The Bertz CT molecular complexity index is 277. The van der Waals surface area contributed by atoms with Gasteiger partial charge in [0.1, 0.15) is 0 Å². The van der Waals surface area contributed by atoms with E-state index in [4.69, 9.17) is 10.6 Å². The first-order valence-electron chi connectivity index (χ1n) is 7.21. The van der Waals surface area contributed by atoms with Crippen LogP contribution in [0.5, 0.6) is 0 Å². The van der Waals surface area contributed by atoms with Gasteiger partial charge in [0.05, 0.1) is 5.60 Å². The second-order valence-electron chi connectivity index (χ2n) is 6.57. The van der Waals surface area contributed by atoms with E-state index in [2.05, 4.69) is 26.2 Å². The molecule has 1 spiro atoms. The summed E-state index contributed by atoms with van der Waals surface area (Å²) in [6, 6.07) is 0.397. The number of ether oxygens (including phenoxy) is 1. The Hall–Kier alpha value is 0.230. The van der Waals surface area contributed by atoms with Gasteiger partial charge in [-0.2, -0.15) is 11.8 Å². The van der Waals surface area contributed by atoms with Gasteiger partial charge in [-0.1, -0.05) is 20.8 Å². The maximum atomic E-state index is 6.11. The lowest BCUT2D eigenvalue weighted by Gasteiger charge is -2.45. The van der Waals surface area contributed by atoms with E-state index < -0.39 is 0 Å². The van der Waals surface area contributed by atoms with E-state index in [-0.39, 0.29) is 11.0 Å². The van der Waals surface area contributed by atoms with Crippen LogP contribution in [0, 0.1) is 11.3 Å². The normalized spacial score (nSPS) is 35.0. The van der Waals surface area contributed by atoms with Crippen LogP contribution in [0.2, 0.25) is 0 Å². The van der Waals surface area contributed by atoms with Crippen molar-refractivity contribution in [2.24, 2.45) is 17.2 Å². The highest BCUT2D eigenvalue weighted by molar-refractivity contribution is 7.99. The predicted molar refractivity (Wildman–Crippen MR) is 78.5 cm³/mol. The van der Waals surface area contributed by atoms with Gasteiger partial charge >= 0.3 is 0 Å². The molecule has 2 saturated heterocycles. The van der Waals surface area contributed by atoms with Crippen molar-refractivity contribution < 1.29 is 4.74 Å². The minimum Gasteiger partial charge on any atom is -0.374 e. The first-order chi connectivity index (χ1) is 8.53. The van der Waals surface area contributed by atoms with Crippen molar-refractivity contribution in [1.29, 1.82) is 0 Å². The molecule has 0 amide bonds. The van der Waals surface area contributed by atoms with Gasteiger partial charge in [0.2, 0.25) is 0 Å². The highest BCUT2D eigenvalue weighted by atomic mass is 32.2. The van der Waals surface area contributed by atoms with E-state index >= 15 is 0 Å². The first-order valence-corrected chi connectivity index (χ1v) is 8.36. The van der Waals surface area contributed by atoms with Crippen LogP contribution in [-0.2, 0) is 4.74 Å². The number of nitrogens with two attached hydrogens (primary N) is 1. The Kier molecular flexibility index (Phi) is 4.63. The van der Waals surface area contributed by atoms with Crippen LogP contribution in [0.25, 0.3) is 0 Å². The molecular formula is C14H28N2OS. The molecule has 18 heavy (non-hydrogen) atoms. The van der Waals surface area contributed by atoms with Crippen LogP contribution in [-0.4, -0.2) is 29.8 Å². The number of hydrazine groups is 1. The summed E-state index contributed by atoms with van der Waals surface area (Å²) in [5.74, 6) is 8.94. The zero-order valence-corrected chi connectivity index (χ0v) is 12.8. The smallest absolute Gasteiger partial charge is 0.0783 e. The molecule has 2 aliphatic heterocycles. The molecule has 0 saturated carbocycles. The molecule has 3 unspecified atom stereocenters. The third-order valence-electron chi connectivity index (χ3n) is 5.00. The summed E-state index contributed by atoms with van der Waals surface area (Å²) in [5, 5.41) is 0. The molecule has 0 radical (unpaired) electrons. The minimum atomic E-state index is 0.159. The molecule has 3 atom stereocenters. The summed E-state index contributed by atoms with van der Waals surface area (Å²) in [6.45, 7) is 7.81. The maximum absolute atomic E-state index is 6.11. The number of hydrogen-bond acceptors (Lipinski definition) is 4. The molecule has 0 aromatic heterocycles. The van der Waals surface area contributed by atoms with E-state index in [1.165, 1.54) is 24.3 Å². The summed E-state index contributed by atoms with van der Waals surface area (Å²) in [5.41, 5.74) is 3.52. The highest BCUT2D eigenvalue weighted by Gasteiger charge is 2.45. The second kappa shape index (κ2) is 5.70. The van der Waals surface area contributed by atoms with E-state index in [0.717, 1.165) is 19.4 Å². The molecule has 2 fully saturated rings. The Morgan fingerprint density at radius 3 is 2.89 bits per heavy atom. The molecule has 0 bridgehead atoms. The third-order valence-corrected chi connectivity index (χ3v) is 6.23. The van der Waals surface area contributed by atoms with Crippen LogP contribution in [0.3, 0.4) is 0 Å². The average molecular weight is 272 g/mol. The van der Waals surface area contributed by atoms with Crippen molar-refractivity contribution in [2.75, 3.05) is 18.1 Å². The van der Waals surface area contributed by atoms with E-state index in [1.807, 2.05) is 11.8 Å². The average Bonchev–Trinajstić information content (AvgIpc) is 2.78. The van der Waals surface area contributed by atoms with Gasteiger partial charge in [-0.25, -0.2) is 0 Å². The largest absolute Gasteiger partial charge is 0.374 e. The van der Waals surface area contributed by atoms with Gasteiger partial charge in [-0.3, -0.25) is 11.3 Å². The summed E-state index contributed by atoms with van der Waals surface area (Å²) < 4.78 is 6.11. The maximum Gasteiger partial charge on any atom is 0.0783 e. The van der Waals surface area contributed by atoms with E-state index in [1.54, 1.807) is 0 Å². The van der Waals surface area contributed by atoms with Crippen LogP contribution in [0.4, 0.5) is 0 Å². The SMILES string of the molecule is CCC(C)(C)C(NN)C1CCOC2(CCSC2)C1. The zero-order chi connectivity index (χ0) is 13.2. The number of nitrogens with one attached hydrogen (secondary N) is 1. The van der Waals surface area contributed by atoms with Crippen molar-refractivity contribution >= 4 is 11.8 Å². The van der Waals surface area contributed by atoms with Gasteiger partial charge < -0.3 is 4.74 Å². The lowest BCUT2D eigenvalue weighted by atomic mass is 9.70. The van der Waals surface area contributed by atoms with Crippen molar-refractivity contribution in [2.45, 2.75) is 58.1 Å². The lowest BCUT2D eigenvalue weighted by molar-refractivity contribution is -0.0925. The van der Waals surface area contributed by atoms with Crippen LogP contribution in [0.1, 0.15) is 46.5 Å². The highest BCUT2D eigenvalue weighted by Crippen LogP contribution is 2.44. The quantitative estimate of drug-likeness (QED) is 0.610. The second-order valence-corrected chi connectivity index (χ2v) is 7.68. The summed E-state index contributed by atoms with van der Waals surface area (Å²) in [7, 11) is 0. The molecule has 4 heteroatoms. The molecule has 0 aromatic carbocycles. The lowest BCUT2D eigenvalue weighted by Crippen LogP contribution is -2.54. The Morgan fingerprint density at radius 2 is 2.33 bits per heavy atom. The Morgan fingerprint density at radius 1 is 1.56 bits per heavy atom. The van der Waals surface area contributed by atoms with E-state index in [9.17, 15) is 0 Å². The van der Waals surface area contributed by atoms with Gasteiger partial charge in [0.15, 0.2) is 0 Å². The molecule has 3 N–H and O–H groups in total. The standard InChI is InChI=1S/C14H28N2OS/c1-4-13(2,3)12(16-15)11-5-7-17-14(9-11)6-8-18-10-14/h11-12,16H,4-10,15H2,1-3H3. The molecule has 0 aliphatic carbocycles. The van der Waals surface area contributed by atoms with Crippen molar-refractivity contribution in [3.63, 3.8) is 0 Å². The Balaban J connectivity index is 2.07. The van der Waals surface area contributed by atoms with Gasteiger partial charge in [-0.15, -0.1) is 0 Å². The van der Waals surface area contributed by atoms with Crippen LogP contribution >= 0.6 is 11.8 Å². The third kappa shape index (κ3) is 2.87. The fourth-order valence-electron chi connectivity index (χ4n) is 3.43. The zero-order valence-electron chi connectivity index (χ0n) is 12.0. The summed E-state index contributed by atoms with van der Waals surface area (Å²) in [4.78, 5) is 0. The fraction of sp³-hybridized carbons (Fsp3) is 1.00. The molecular weight excluding hydrogens is 244 g/mol. The summed E-state index contributed by atoms with van der Waals surface area (Å²) >= 11 is 2.04. The van der Waals surface area contributed by atoms with Gasteiger partial charge in [0.25, 0.3) is 0 Å². The fourth-order valence-corrected chi connectivity index (χ4v) is 4.81. The van der Waals surface area contributed by atoms with E-state index in [0.29, 0.717) is 12.0 Å². The van der Waals surface area contributed by atoms with Crippen LogP contribution in [0.15, 0.2) is 0 Å². The topological polar surface area (TPSA) is 47.3 Å². The monoisotopic (exact) mass is 272 g/mol. The molecule has 2 aliphatic rings. The number of thioether (sulfide) groups is 1. The molecule has 2 rings (SSSR count). The minimum absolute atomic E-state index is 0.159. The van der Waals surface area contributed by atoms with Gasteiger partial charge in [0, 0.05) is 18.4 Å². The molecule has 106 valence electrons. The number of rotatable bonds is 4. The molecule has 3 nitrogen and oxygen atoms in total. The van der Waals surface area contributed by atoms with Gasteiger partial charge in [-0.05, 0) is 42.8 Å². The van der Waals surface area contributed by atoms with Crippen molar-refractivity contribution in [1.82, 2.24) is 5.43 Å². The first kappa shape index (κ1) is 14.6. The molecule has 0 aromatic rings. The number of hydrogen-bond donors (Lipinski definition) is 2. The summed E-state index contributed by atoms with van der Waals surface area (Å²) in [6.07, 6.45) is 4.70.